The van der Waals surface area contributed by atoms with Gasteiger partial charge in [0, 0.05) is 18.1 Å². The highest BCUT2D eigenvalue weighted by molar-refractivity contribution is 5.68. The van der Waals surface area contributed by atoms with Crippen LogP contribution in [0.2, 0.25) is 0 Å². The third-order valence-corrected chi connectivity index (χ3v) is 3.61. The minimum absolute atomic E-state index is 0.106. The first-order chi connectivity index (χ1) is 9.37. The monoisotopic (exact) mass is 276 g/mol. The summed E-state index contributed by atoms with van der Waals surface area (Å²) in [5, 5.41) is 0. The lowest BCUT2D eigenvalue weighted by atomic mass is 9.74. The van der Waals surface area contributed by atoms with Gasteiger partial charge in [-0.3, -0.25) is 0 Å². The molecule has 2 rings (SSSR count). The van der Waals surface area contributed by atoms with Crippen LogP contribution in [-0.4, -0.2) is 28.7 Å². The van der Waals surface area contributed by atoms with E-state index in [2.05, 4.69) is 0 Å². The van der Waals surface area contributed by atoms with E-state index in [1.54, 1.807) is 0 Å². The summed E-state index contributed by atoms with van der Waals surface area (Å²) >= 11 is 0. The van der Waals surface area contributed by atoms with Gasteiger partial charge in [0.05, 0.1) is 6.10 Å². The molecule has 0 heterocycles. The second-order valence-electron chi connectivity index (χ2n) is 6.26. The third-order valence-electron chi connectivity index (χ3n) is 3.61. The summed E-state index contributed by atoms with van der Waals surface area (Å²) in [6.45, 7) is 6.34. The Morgan fingerprint density at radius 1 is 1.40 bits per heavy atom. The average molecular weight is 276 g/mol. The SMILES string of the molecule is CC(C)OC(=O)N(Cc1ccccc1)C1CC(C)(N)C1. The Hall–Kier alpha value is -1.55. The van der Waals surface area contributed by atoms with E-state index in [9.17, 15) is 4.79 Å². The standard InChI is InChI=1S/C16H24N2O2/c1-12(2)20-15(19)18(14-9-16(3,17)10-14)11-13-7-5-4-6-8-13/h4-8,12,14H,9-11,17H2,1-3H3. The number of benzene rings is 1. The molecule has 0 radical (unpaired) electrons. The van der Waals surface area contributed by atoms with Crippen LogP contribution in [0.3, 0.4) is 0 Å². The zero-order chi connectivity index (χ0) is 14.8. The van der Waals surface area contributed by atoms with Gasteiger partial charge in [0.2, 0.25) is 0 Å². The maximum atomic E-state index is 12.3. The second kappa shape index (κ2) is 5.83. The van der Waals surface area contributed by atoms with Crippen molar-refractivity contribution in [3.63, 3.8) is 0 Å². The largest absolute Gasteiger partial charge is 0.447 e. The van der Waals surface area contributed by atoms with Crippen LogP contribution in [-0.2, 0) is 11.3 Å². The lowest BCUT2D eigenvalue weighted by Crippen LogP contribution is -2.59. The molecule has 0 spiro atoms. The summed E-state index contributed by atoms with van der Waals surface area (Å²) in [7, 11) is 0. The van der Waals surface area contributed by atoms with E-state index in [4.69, 9.17) is 10.5 Å². The molecule has 2 N–H and O–H groups in total. The van der Waals surface area contributed by atoms with Crippen LogP contribution in [0.1, 0.15) is 39.2 Å². The highest BCUT2D eigenvalue weighted by Crippen LogP contribution is 2.34. The van der Waals surface area contributed by atoms with Crippen molar-refractivity contribution in [3.05, 3.63) is 35.9 Å². The number of rotatable bonds is 4. The predicted molar refractivity (Wildman–Crippen MR) is 79.2 cm³/mol. The van der Waals surface area contributed by atoms with Crippen LogP contribution >= 0.6 is 0 Å². The van der Waals surface area contributed by atoms with Gasteiger partial charge >= 0.3 is 6.09 Å². The number of amides is 1. The fourth-order valence-electron chi connectivity index (χ4n) is 2.63. The van der Waals surface area contributed by atoms with E-state index in [1.165, 1.54) is 0 Å². The van der Waals surface area contributed by atoms with Gasteiger partial charge in [-0.2, -0.15) is 0 Å². The summed E-state index contributed by atoms with van der Waals surface area (Å²) < 4.78 is 5.36. The Labute approximate surface area is 120 Å². The molecular weight excluding hydrogens is 252 g/mol. The van der Waals surface area contributed by atoms with Gasteiger partial charge in [0.1, 0.15) is 0 Å². The summed E-state index contributed by atoms with van der Waals surface area (Å²) in [6, 6.07) is 10.2. The van der Waals surface area contributed by atoms with Crippen molar-refractivity contribution < 1.29 is 9.53 Å². The molecule has 0 unspecified atom stereocenters. The van der Waals surface area contributed by atoms with E-state index < -0.39 is 0 Å². The van der Waals surface area contributed by atoms with Crippen molar-refractivity contribution in [3.8, 4) is 0 Å². The van der Waals surface area contributed by atoms with Crippen LogP contribution in [0.15, 0.2) is 30.3 Å². The van der Waals surface area contributed by atoms with Gasteiger partial charge in [-0.25, -0.2) is 4.79 Å². The van der Waals surface area contributed by atoms with Crippen molar-refractivity contribution in [2.75, 3.05) is 0 Å². The van der Waals surface area contributed by atoms with E-state index in [1.807, 2.05) is 56.0 Å². The molecule has 1 saturated carbocycles. The highest BCUT2D eigenvalue weighted by atomic mass is 16.6. The van der Waals surface area contributed by atoms with Crippen LogP contribution in [0.4, 0.5) is 4.79 Å². The van der Waals surface area contributed by atoms with Gasteiger partial charge in [-0.05, 0) is 39.2 Å². The van der Waals surface area contributed by atoms with Crippen LogP contribution in [0.5, 0.6) is 0 Å². The molecule has 110 valence electrons. The van der Waals surface area contributed by atoms with E-state index in [-0.39, 0.29) is 23.8 Å². The Morgan fingerprint density at radius 2 is 2.00 bits per heavy atom. The molecule has 0 atom stereocenters. The molecule has 1 aromatic carbocycles. The van der Waals surface area contributed by atoms with Gasteiger partial charge in [0.15, 0.2) is 0 Å². The number of nitrogens with two attached hydrogens (primary N) is 1. The van der Waals surface area contributed by atoms with E-state index in [0.717, 1.165) is 18.4 Å². The number of nitrogens with zero attached hydrogens (tertiary/aromatic N) is 1. The minimum Gasteiger partial charge on any atom is -0.447 e. The number of carbonyl (C=O) groups excluding carboxylic acids is 1. The zero-order valence-electron chi connectivity index (χ0n) is 12.5. The van der Waals surface area contributed by atoms with Crippen molar-refractivity contribution in [2.45, 2.75) is 57.8 Å². The molecule has 0 bridgehead atoms. The van der Waals surface area contributed by atoms with Crippen molar-refractivity contribution >= 4 is 6.09 Å². The molecule has 1 fully saturated rings. The maximum absolute atomic E-state index is 12.3. The Bertz CT molecular complexity index is 449. The van der Waals surface area contributed by atoms with Gasteiger partial charge < -0.3 is 15.4 Å². The third kappa shape index (κ3) is 3.73. The average Bonchev–Trinajstić information content (AvgIpc) is 2.33. The molecule has 0 aliphatic heterocycles. The first-order valence-corrected chi connectivity index (χ1v) is 7.17. The molecule has 1 amide bonds. The summed E-state index contributed by atoms with van der Waals surface area (Å²) in [5.41, 5.74) is 7.02. The molecule has 4 nitrogen and oxygen atoms in total. The van der Waals surface area contributed by atoms with E-state index >= 15 is 0 Å². The van der Waals surface area contributed by atoms with Crippen LogP contribution in [0, 0.1) is 0 Å². The first kappa shape index (κ1) is 14.9. The minimum atomic E-state index is -0.246. The van der Waals surface area contributed by atoms with Crippen molar-refractivity contribution in [1.29, 1.82) is 0 Å². The molecule has 1 aliphatic carbocycles. The fraction of sp³-hybridized carbons (Fsp3) is 0.562. The molecule has 0 aromatic heterocycles. The van der Waals surface area contributed by atoms with Gasteiger partial charge in [-0.15, -0.1) is 0 Å². The van der Waals surface area contributed by atoms with Crippen LogP contribution in [0.25, 0.3) is 0 Å². The normalized spacial score (nSPS) is 25.1. The van der Waals surface area contributed by atoms with Gasteiger partial charge in [0.25, 0.3) is 0 Å². The number of hydrogen-bond acceptors (Lipinski definition) is 3. The molecule has 1 aliphatic rings. The Morgan fingerprint density at radius 3 is 2.50 bits per heavy atom. The second-order valence-corrected chi connectivity index (χ2v) is 6.26. The first-order valence-electron chi connectivity index (χ1n) is 7.17. The zero-order valence-corrected chi connectivity index (χ0v) is 12.5. The van der Waals surface area contributed by atoms with E-state index in [0.29, 0.717) is 6.54 Å². The quantitative estimate of drug-likeness (QED) is 0.920. The fourth-order valence-corrected chi connectivity index (χ4v) is 2.63. The Balaban J connectivity index is 2.06. The van der Waals surface area contributed by atoms with Crippen molar-refractivity contribution in [2.24, 2.45) is 5.73 Å². The predicted octanol–water partition coefficient (Wildman–Crippen LogP) is 2.91. The lowest BCUT2D eigenvalue weighted by Gasteiger charge is -2.47. The molecule has 0 saturated heterocycles. The maximum Gasteiger partial charge on any atom is 0.410 e. The number of carbonyl (C=O) groups is 1. The molecular formula is C16H24N2O2. The summed E-state index contributed by atoms with van der Waals surface area (Å²) in [4.78, 5) is 14.1. The number of hydrogen-bond donors (Lipinski definition) is 1. The topological polar surface area (TPSA) is 55.6 Å². The number of ether oxygens (including phenoxy) is 1. The summed E-state index contributed by atoms with van der Waals surface area (Å²) in [6.07, 6.45) is 1.30. The summed E-state index contributed by atoms with van der Waals surface area (Å²) in [5.74, 6) is 0. The Kier molecular flexibility index (Phi) is 4.33. The highest BCUT2D eigenvalue weighted by Gasteiger charge is 2.42. The van der Waals surface area contributed by atoms with Crippen LogP contribution < -0.4 is 5.73 Å². The lowest BCUT2D eigenvalue weighted by molar-refractivity contribution is 0.0246. The molecule has 20 heavy (non-hydrogen) atoms. The smallest absolute Gasteiger partial charge is 0.410 e. The molecule has 1 aromatic rings. The van der Waals surface area contributed by atoms with Gasteiger partial charge in [-0.1, -0.05) is 30.3 Å². The van der Waals surface area contributed by atoms with Crippen molar-refractivity contribution in [1.82, 2.24) is 4.90 Å². The molecule has 4 heteroatoms.